The van der Waals surface area contributed by atoms with Crippen molar-refractivity contribution < 1.29 is 14.3 Å². The molecule has 8 nitrogen and oxygen atoms in total. The van der Waals surface area contributed by atoms with Crippen molar-refractivity contribution in [1.29, 1.82) is 0 Å². The molecule has 0 N–H and O–H groups in total. The van der Waals surface area contributed by atoms with Crippen LogP contribution in [0.4, 0.5) is 0 Å². The lowest BCUT2D eigenvalue weighted by atomic mass is 10.2. The van der Waals surface area contributed by atoms with Gasteiger partial charge in [0, 0.05) is 38.1 Å². The molecule has 1 amide bonds. The molecular formula is C20H21N5O3S. The molecule has 29 heavy (non-hydrogen) atoms. The number of rotatable bonds is 7. The molecule has 1 aliphatic rings. The van der Waals surface area contributed by atoms with Gasteiger partial charge in [0.15, 0.2) is 22.5 Å². The van der Waals surface area contributed by atoms with Gasteiger partial charge in [-0.1, -0.05) is 17.8 Å². The second-order valence-corrected chi connectivity index (χ2v) is 7.43. The fourth-order valence-corrected chi connectivity index (χ4v) is 3.86. The number of aromatic nitrogens is 4. The van der Waals surface area contributed by atoms with Crippen LogP contribution in [0.2, 0.25) is 0 Å². The predicted octanol–water partition coefficient (Wildman–Crippen LogP) is 2.75. The summed E-state index contributed by atoms with van der Waals surface area (Å²) in [5.41, 5.74) is 1.94. The van der Waals surface area contributed by atoms with E-state index in [4.69, 9.17) is 9.47 Å². The fraction of sp³-hybridized carbons (Fsp3) is 0.300. The van der Waals surface area contributed by atoms with E-state index >= 15 is 0 Å². The van der Waals surface area contributed by atoms with Gasteiger partial charge in [0.1, 0.15) is 0 Å². The Balaban J connectivity index is 1.39. The first-order chi connectivity index (χ1) is 14.2. The van der Waals surface area contributed by atoms with Crippen molar-refractivity contribution in [3.63, 3.8) is 0 Å². The second kappa shape index (κ2) is 8.52. The van der Waals surface area contributed by atoms with Crippen molar-refractivity contribution in [3.05, 3.63) is 48.3 Å². The number of benzene rings is 1. The van der Waals surface area contributed by atoms with Gasteiger partial charge in [0.05, 0.1) is 5.75 Å². The van der Waals surface area contributed by atoms with Crippen molar-refractivity contribution >= 4 is 17.7 Å². The number of nitrogens with zero attached hydrogens (tertiary/aromatic N) is 5. The molecule has 3 heterocycles. The number of hydrogen-bond donors (Lipinski definition) is 0. The van der Waals surface area contributed by atoms with Gasteiger partial charge < -0.3 is 18.9 Å². The molecule has 0 radical (unpaired) electrons. The zero-order valence-corrected chi connectivity index (χ0v) is 17.1. The number of fused-ring (bicyclic) bond motifs is 1. The fourth-order valence-electron chi connectivity index (χ4n) is 3.05. The van der Waals surface area contributed by atoms with Crippen LogP contribution < -0.4 is 9.47 Å². The summed E-state index contributed by atoms with van der Waals surface area (Å²) in [6, 6.07) is 9.53. The van der Waals surface area contributed by atoms with Crippen molar-refractivity contribution in [2.75, 3.05) is 19.1 Å². The van der Waals surface area contributed by atoms with Crippen LogP contribution in [0.1, 0.15) is 12.5 Å². The van der Waals surface area contributed by atoms with E-state index in [1.54, 1.807) is 12.4 Å². The lowest BCUT2D eigenvalue weighted by molar-refractivity contribution is -0.128. The Morgan fingerprint density at radius 3 is 2.76 bits per heavy atom. The summed E-state index contributed by atoms with van der Waals surface area (Å²) in [4.78, 5) is 18.6. The van der Waals surface area contributed by atoms with E-state index in [0.29, 0.717) is 24.0 Å². The Labute approximate surface area is 172 Å². The van der Waals surface area contributed by atoms with Crippen molar-refractivity contribution in [2.24, 2.45) is 7.05 Å². The molecule has 1 aliphatic heterocycles. The monoisotopic (exact) mass is 411 g/mol. The molecule has 0 atom stereocenters. The second-order valence-electron chi connectivity index (χ2n) is 6.49. The number of carbonyl (C=O) groups is 1. The van der Waals surface area contributed by atoms with Crippen LogP contribution in [0, 0.1) is 0 Å². The van der Waals surface area contributed by atoms with Gasteiger partial charge in [0.2, 0.25) is 12.7 Å². The Kier molecular flexibility index (Phi) is 5.66. The lowest BCUT2D eigenvalue weighted by Gasteiger charge is -2.21. The first-order valence-corrected chi connectivity index (χ1v) is 10.2. The van der Waals surface area contributed by atoms with Crippen molar-refractivity contribution in [1.82, 2.24) is 24.6 Å². The van der Waals surface area contributed by atoms with Crippen molar-refractivity contribution in [2.45, 2.75) is 18.6 Å². The Hall–Kier alpha value is -3.07. The average molecular weight is 411 g/mol. The molecule has 2 aromatic heterocycles. The smallest absolute Gasteiger partial charge is 0.233 e. The van der Waals surface area contributed by atoms with Crippen LogP contribution in [0.3, 0.4) is 0 Å². The molecule has 0 fully saturated rings. The number of ether oxygens (including phenoxy) is 2. The first kappa shape index (κ1) is 19.3. The maximum atomic E-state index is 12.8. The zero-order chi connectivity index (χ0) is 20.2. The van der Waals surface area contributed by atoms with Gasteiger partial charge in [-0.05, 0) is 36.8 Å². The third-order valence-corrected chi connectivity index (χ3v) is 5.65. The third-order valence-electron chi connectivity index (χ3n) is 4.64. The number of hydrogen-bond acceptors (Lipinski definition) is 7. The minimum absolute atomic E-state index is 0.0450. The Morgan fingerprint density at radius 2 is 1.97 bits per heavy atom. The van der Waals surface area contributed by atoms with Gasteiger partial charge in [0.25, 0.3) is 0 Å². The topological polar surface area (TPSA) is 82.4 Å². The van der Waals surface area contributed by atoms with Gasteiger partial charge in [-0.3, -0.25) is 9.78 Å². The highest BCUT2D eigenvalue weighted by atomic mass is 32.2. The molecule has 1 aromatic carbocycles. The molecule has 3 aromatic rings. The summed E-state index contributed by atoms with van der Waals surface area (Å²) < 4.78 is 12.7. The molecule has 0 unspecified atom stereocenters. The van der Waals surface area contributed by atoms with Crippen LogP contribution in [-0.4, -0.2) is 49.6 Å². The van der Waals surface area contributed by atoms with Gasteiger partial charge in [-0.15, -0.1) is 10.2 Å². The van der Waals surface area contributed by atoms with E-state index < -0.39 is 0 Å². The summed E-state index contributed by atoms with van der Waals surface area (Å²) in [6.45, 7) is 3.35. The number of amides is 1. The highest BCUT2D eigenvalue weighted by Crippen LogP contribution is 2.33. The Bertz CT molecular complexity index is 1010. The Morgan fingerprint density at radius 1 is 1.17 bits per heavy atom. The molecule has 0 spiro atoms. The standard InChI is InChI=1S/C20H21N5O3S/c1-3-25(11-14-4-5-16-17(10-14)28-13-27-16)18(26)12-29-20-23-22-19(24(20)2)15-6-8-21-9-7-15/h4-10H,3,11-13H2,1-2H3. The van der Waals surface area contributed by atoms with Crippen molar-refractivity contribution in [3.8, 4) is 22.9 Å². The molecule has 9 heteroatoms. The quantitative estimate of drug-likeness (QED) is 0.553. The molecule has 0 saturated carbocycles. The molecule has 150 valence electrons. The third kappa shape index (κ3) is 4.19. The van der Waals surface area contributed by atoms with E-state index in [9.17, 15) is 4.79 Å². The first-order valence-electron chi connectivity index (χ1n) is 9.24. The summed E-state index contributed by atoms with van der Waals surface area (Å²) in [7, 11) is 1.90. The largest absolute Gasteiger partial charge is 0.454 e. The minimum Gasteiger partial charge on any atom is -0.454 e. The van der Waals surface area contributed by atoms with Gasteiger partial charge >= 0.3 is 0 Å². The van der Waals surface area contributed by atoms with E-state index in [1.807, 2.05) is 53.8 Å². The number of thioether (sulfide) groups is 1. The van der Waals surface area contributed by atoms with Crippen LogP contribution in [-0.2, 0) is 18.4 Å². The molecule has 4 rings (SSSR count). The summed E-state index contributed by atoms with van der Waals surface area (Å²) in [5, 5.41) is 9.17. The molecule has 0 bridgehead atoms. The number of carbonyl (C=O) groups excluding carboxylic acids is 1. The van der Waals surface area contributed by atoms with E-state index in [-0.39, 0.29) is 12.7 Å². The lowest BCUT2D eigenvalue weighted by Crippen LogP contribution is -2.31. The minimum atomic E-state index is 0.0450. The molecule has 0 saturated heterocycles. The summed E-state index contributed by atoms with van der Waals surface area (Å²) in [6.07, 6.45) is 3.44. The van der Waals surface area contributed by atoms with Crippen LogP contribution in [0.25, 0.3) is 11.4 Å². The van der Waals surface area contributed by atoms with Gasteiger partial charge in [-0.25, -0.2) is 0 Å². The molecular weight excluding hydrogens is 390 g/mol. The normalized spacial score (nSPS) is 12.2. The maximum absolute atomic E-state index is 12.8. The molecule has 0 aliphatic carbocycles. The van der Waals surface area contributed by atoms with Crippen LogP contribution in [0.5, 0.6) is 11.5 Å². The maximum Gasteiger partial charge on any atom is 0.233 e. The van der Waals surface area contributed by atoms with E-state index in [2.05, 4.69) is 15.2 Å². The van der Waals surface area contributed by atoms with Gasteiger partial charge in [-0.2, -0.15) is 0 Å². The van der Waals surface area contributed by atoms with Crippen LogP contribution in [0.15, 0.2) is 47.9 Å². The van der Waals surface area contributed by atoms with E-state index in [0.717, 1.165) is 28.5 Å². The average Bonchev–Trinajstić information content (AvgIpc) is 3.36. The predicted molar refractivity (Wildman–Crippen MR) is 109 cm³/mol. The SMILES string of the molecule is CCN(Cc1ccc2c(c1)OCO2)C(=O)CSc1nnc(-c2ccncc2)n1C. The van der Waals surface area contributed by atoms with Crippen LogP contribution >= 0.6 is 11.8 Å². The highest BCUT2D eigenvalue weighted by molar-refractivity contribution is 7.99. The zero-order valence-electron chi connectivity index (χ0n) is 16.2. The number of pyridine rings is 1. The summed E-state index contributed by atoms with van der Waals surface area (Å²) in [5.74, 6) is 2.55. The highest BCUT2D eigenvalue weighted by Gasteiger charge is 2.18. The van der Waals surface area contributed by atoms with E-state index in [1.165, 1.54) is 11.8 Å². The summed E-state index contributed by atoms with van der Waals surface area (Å²) >= 11 is 1.38.